The number of Topliss-reactive ketones (excluding diaryl/α,β-unsaturated/α-hetero) is 1. The van der Waals surface area contributed by atoms with Crippen LogP contribution in [0.5, 0.6) is 0 Å². The first-order valence-electron chi connectivity index (χ1n) is 8.15. The summed E-state index contributed by atoms with van der Waals surface area (Å²) in [7, 11) is 3.75. The molecule has 1 atom stereocenters. The molecule has 0 aromatic heterocycles. The maximum Gasteiger partial charge on any atom is 0.161 e. The van der Waals surface area contributed by atoms with E-state index < -0.39 is 0 Å². The summed E-state index contributed by atoms with van der Waals surface area (Å²) >= 11 is 0. The Labute approximate surface area is 142 Å². The third kappa shape index (κ3) is 2.49. The first-order chi connectivity index (χ1) is 11.5. The molecule has 2 N–H and O–H groups in total. The number of carbonyl (C=O) groups excluding carboxylic acids is 1. The van der Waals surface area contributed by atoms with Gasteiger partial charge in [-0.1, -0.05) is 29.8 Å². The Kier molecular flexibility index (Phi) is 4.16. The number of nitriles is 1. The van der Waals surface area contributed by atoms with E-state index in [9.17, 15) is 10.1 Å². The highest BCUT2D eigenvalue weighted by Crippen LogP contribution is 2.44. The standard InChI is InChI=1S/C19H22N4O/c1-12-7-9-13(10-8-12)17-14(11-20)19(21)23(22(2)3)15-5-4-6-16(24)18(15)17/h7-10,17H,4-6,21H2,1-3H3/t17-/m1/s1. The lowest BCUT2D eigenvalue weighted by Crippen LogP contribution is -2.45. The fourth-order valence-corrected chi connectivity index (χ4v) is 3.62. The lowest BCUT2D eigenvalue weighted by molar-refractivity contribution is -0.116. The van der Waals surface area contributed by atoms with Crippen molar-refractivity contribution in [3.63, 3.8) is 0 Å². The van der Waals surface area contributed by atoms with Crippen LogP contribution in [0.3, 0.4) is 0 Å². The van der Waals surface area contributed by atoms with Crippen molar-refractivity contribution in [2.45, 2.75) is 32.1 Å². The van der Waals surface area contributed by atoms with Gasteiger partial charge >= 0.3 is 0 Å². The predicted molar refractivity (Wildman–Crippen MR) is 92.2 cm³/mol. The quantitative estimate of drug-likeness (QED) is 0.906. The van der Waals surface area contributed by atoms with Gasteiger partial charge in [0, 0.05) is 31.8 Å². The average molecular weight is 322 g/mol. The van der Waals surface area contributed by atoms with Crippen LogP contribution in [0.2, 0.25) is 0 Å². The first kappa shape index (κ1) is 16.3. The minimum absolute atomic E-state index is 0.119. The van der Waals surface area contributed by atoms with E-state index in [1.54, 1.807) is 0 Å². The Morgan fingerprint density at radius 1 is 1.25 bits per heavy atom. The summed E-state index contributed by atoms with van der Waals surface area (Å²) in [6, 6.07) is 10.2. The van der Waals surface area contributed by atoms with Crippen LogP contribution in [-0.2, 0) is 4.79 Å². The topological polar surface area (TPSA) is 73.4 Å². The largest absolute Gasteiger partial charge is 0.383 e. The molecule has 1 aromatic rings. The minimum Gasteiger partial charge on any atom is -0.383 e. The second-order valence-corrected chi connectivity index (χ2v) is 6.55. The molecule has 0 fully saturated rings. The van der Waals surface area contributed by atoms with Crippen LogP contribution in [0.25, 0.3) is 0 Å². The number of nitrogens with two attached hydrogens (primary N) is 1. The zero-order valence-electron chi connectivity index (χ0n) is 14.3. The fraction of sp³-hybridized carbons (Fsp3) is 0.368. The normalized spacial score (nSPS) is 21.2. The molecule has 1 aliphatic heterocycles. The highest BCUT2D eigenvalue weighted by atomic mass is 16.1. The number of allylic oxidation sites excluding steroid dienone is 3. The molecular formula is C19H22N4O. The van der Waals surface area contributed by atoms with Gasteiger partial charge in [-0.05, 0) is 25.3 Å². The number of nitrogens with zero attached hydrogens (tertiary/aromatic N) is 3. The van der Waals surface area contributed by atoms with Crippen LogP contribution in [0.4, 0.5) is 0 Å². The zero-order valence-corrected chi connectivity index (χ0v) is 14.3. The molecule has 0 bridgehead atoms. The molecular weight excluding hydrogens is 300 g/mol. The average Bonchev–Trinajstić information content (AvgIpc) is 2.54. The van der Waals surface area contributed by atoms with Gasteiger partial charge in [-0.15, -0.1) is 0 Å². The highest BCUT2D eigenvalue weighted by Gasteiger charge is 2.40. The number of rotatable bonds is 2. The Hall–Kier alpha value is -2.58. The fourth-order valence-electron chi connectivity index (χ4n) is 3.62. The summed E-state index contributed by atoms with van der Waals surface area (Å²) < 4.78 is 0. The summed E-state index contributed by atoms with van der Waals surface area (Å²) in [5.41, 5.74) is 10.5. The lowest BCUT2D eigenvalue weighted by atomic mass is 9.76. The molecule has 0 amide bonds. The zero-order chi connectivity index (χ0) is 17.4. The van der Waals surface area contributed by atoms with Gasteiger partial charge in [0.25, 0.3) is 0 Å². The molecule has 0 saturated heterocycles. The Balaban J connectivity index is 2.25. The van der Waals surface area contributed by atoms with Crippen molar-refractivity contribution in [2.75, 3.05) is 14.1 Å². The van der Waals surface area contributed by atoms with Crippen molar-refractivity contribution in [3.8, 4) is 6.07 Å². The molecule has 2 aliphatic rings. The van der Waals surface area contributed by atoms with Crippen LogP contribution in [0, 0.1) is 18.3 Å². The summed E-state index contributed by atoms with van der Waals surface area (Å²) in [5, 5.41) is 13.4. The van der Waals surface area contributed by atoms with Crippen LogP contribution < -0.4 is 5.73 Å². The van der Waals surface area contributed by atoms with Gasteiger partial charge in [-0.3, -0.25) is 9.80 Å². The van der Waals surface area contributed by atoms with Gasteiger partial charge < -0.3 is 5.73 Å². The van der Waals surface area contributed by atoms with Crippen molar-refractivity contribution < 1.29 is 4.79 Å². The number of carbonyl (C=O) groups is 1. The van der Waals surface area contributed by atoms with Crippen molar-refractivity contribution in [3.05, 3.63) is 58.1 Å². The number of benzene rings is 1. The Bertz CT molecular complexity index is 781. The lowest BCUT2D eigenvalue weighted by Gasteiger charge is -2.42. The van der Waals surface area contributed by atoms with Crippen LogP contribution in [0.15, 0.2) is 46.9 Å². The molecule has 124 valence electrons. The molecule has 3 rings (SSSR count). The summed E-state index contributed by atoms with van der Waals surface area (Å²) in [6.45, 7) is 2.02. The smallest absolute Gasteiger partial charge is 0.161 e. The summed E-state index contributed by atoms with van der Waals surface area (Å²) in [4.78, 5) is 12.7. The second kappa shape index (κ2) is 6.14. The Morgan fingerprint density at radius 2 is 1.92 bits per heavy atom. The van der Waals surface area contributed by atoms with E-state index in [1.807, 2.05) is 55.3 Å². The van der Waals surface area contributed by atoms with Gasteiger partial charge in [0.05, 0.1) is 17.6 Å². The van der Waals surface area contributed by atoms with Gasteiger partial charge in [-0.25, -0.2) is 5.01 Å². The number of aryl methyl sites for hydroxylation is 1. The number of hydrazine groups is 1. The highest BCUT2D eigenvalue weighted by molar-refractivity contribution is 5.99. The molecule has 0 saturated carbocycles. The number of hydrogen-bond donors (Lipinski definition) is 1. The van der Waals surface area contributed by atoms with E-state index in [0.29, 0.717) is 17.8 Å². The Morgan fingerprint density at radius 3 is 2.50 bits per heavy atom. The van der Waals surface area contributed by atoms with Crippen LogP contribution in [-0.4, -0.2) is 29.9 Å². The van der Waals surface area contributed by atoms with E-state index in [-0.39, 0.29) is 11.7 Å². The van der Waals surface area contributed by atoms with E-state index in [0.717, 1.165) is 35.2 Å². The molecule has 0 spiro atoms. The molecule has 0 radical (unpaired) electrons. The molecule has 5 nitrogen and oxygen atoms in total. The van der Waals surface area contributed by atoms with Gasteiger partial charge in [0.2, 0.25) is 0 Å². The predicted octanol–water partition coefficient (Wildman–Crippen LogP) is 2.57. The van der Waals surface area contributed by atoms with Gasteiger partial charge in [0.15, 0.2) is 5.78 Å². The monoisotopic (exact) mass is 322 g/mol. The maximum absolute atomic E-state index is 12.7. The first-order valence-corrected chi connectivity index (χ1v) is 8.15. The van der Waals surface area contributed by atoms with Crippen LogP contribution in [0.1, 0.15) is 36.3 Å². The summed E-state index contributed by atoms with van der Waals surface area (Å²) in [5.74, 6) is 0.171. The molecule has 1 aromatic carbocycles. The molecule has 5 heteroatoms. The number of ketones is 1. The van der Waals surface area contributed by atoms with Crippen LogP contribution >= 0.6 is 0 Å². The minimum atomic E-state index is -0.366. The van der Waals surface area contributed by atoms with E-state index in [2.05, 4.69) is 6.07 Å². The third-order valence-corrected chi connectivity index (χ3v) is 4.70. The molecule has 0 unspecified atom stereocenters. The maximum atomic E-state index is 12.7. The van der Waals surface area contributed by atoms with E-state index in [4.69, 9.17) is 5.73 Å². The van der Waals surface area contributed by atoms with Crippen molar-refractivity contribution in [1.82, 2.24) is 10.0 Å². The molecule has 1 heterocycles. The SMILES string of the molecule is Cc1ccc([C@@H]2C(C#N)=C(N)N(N(C)C)C3=C2C(=O)CCC3)cc1. The molecule has 24 heavy (non-hydrogen) atoms. The van der Waals surface area contributed by atoms with Crippen molar-refractivity contribution in [2.24, 2.45) is 5.73 Å². The third-order valence-electron chi connectivity index (χ3n) is 4.70. The van der Waals surface area contributed by atoms with Crippen molar-refractivity contribution >= 4 is 5.78 Å². The van der Waals surface area contributed by atoms with E-state index >= 15 is 0 Å². The number of hydrogen-bond acceptors (Lipinski definition) is 5. The molecule has 1 aliphatic carbocycles. The van der Waals surface area contributed by atoms with Crippen molar-refractivity contribution in [1.29, 1.82) is 5.26 Å². The van der Waals surface area contributed by atoms with Gasteiger partial charge in [0.1, 0.15) is 5.82 Å². The summed E-state index contributed by atoms with van der Waals surface area (Å²) in [6.07, 6.45) is 2.14. The second-order valence-electron chi connectivity index (χ2n) is 6.55. The van der Waals surface area contributed by atoms with E-state index in [1.165, 1.54) is 0 Å². The van der Waals surface area contributed by atoms with Gasteiger partial charge in [-0.2, -0.15) is 5.26 Å².